The highest BCUT2D eigenvalue weighted by Crippen LogP contribution is 2.22. The number of carbonyl (C=O) groups excluding carboxylic acids is 1. The smallest absolute Gasteiger partial charge is 0.333 e. The first-order valence-electron chi connectivity index (χ1n) is 6.19. The summed E-state index contributed by atoms with van der Waals surface area (Å²) < 4.78 is 4.65. The van der Waals surface area contributed by atoms with E-state index in [1.54, 1.807) is 6.92 Å². The van der Waals surface area contributed by atoms with Crippen LogP contribution in [-0.4, -0.2) is 19.6 Å². The van der Waals surface area contributed by atoms with E-state index < -0.39 is 0 Å². The first kappa shape index (κ1) is 13.1. The standard InChI is InChI=1S/C16H17NO2/c1-12(16(18)19-2)10-11-17-15-9-5-7-13-6-3-4-8-14(13)15/h3-10,17H,11H2,1-2H3/b12-10+. The van der Waals surface area contributed by atoms with Crippen molar-refractivity contribution in [3.8, 4) is 0 Å². The lowest BCUT2D eigenvalue weighted by atomic mass is 10.1. The molecule has 2 aromatic carbocycles. The molecule has 2 rings (SSSR count). The van der Waals surface area contributed by atoms with Crippen molar-refractivity contribution in [1.29, 1.82) is 0 Å². The molecule has 3 nitrogen and oxygen atoms in total. The lowest BCUT2D eigenvalue weighted by molar-refractivity contribution is -0.136. The third-order valence-electron chi connectivity index (χ3n) is 3.00. The van der Waals surface area contributed by atoms with E-state index in [2.05, 4.69) is 28.3 Å². The number of rotatable bonds is 4. The van der Waals surface area contributed by atoms with Crippen molar-refractivity contribution < 1.29 is 9.53 Å². The molecule has 0 aliphatic rings. The van der Waals surface area contributed by atoms with Crippen molar-refractivity contribution in [2.75, 3.05) is 19.0 Å². The van der Waals surface area contributed by atoms with Gasteiger partial charge in [0.1, 0.15) is 0 Å². The average Bonchev–Trinajstić information content (AvgIpc) is 2.46. The monoisotopic (exact) mass is 255 g/mol. The number of benzene rings is 2. The molecule has 3 heteroatoms. The van der Waals surface area contributed by atoms with Gasteiger partial charge in [-0.3, -0.25) is 0 Å². The Bertz CT molecular complexity index is 612. The fourth-order valence-corrected chi connectivity index (χ4v) is 1.94. The van der Waals surface area contributed by atoms with Crippen molar-refractivity contribution >= 4 is 22.4 Å². The number of hydrogen-bond donors (Lipinski definition) is 1. The zero-order chi connectivity index (χ0) is 13.7. The van der Waals surface area contributed by atoms with Crippen molar-refractivity contribution in [3.63, 3.8) is 0 Å². The number of hydrogen-bond acceptors (Lipinski definition) is 3. The molecule has 1 N–H and O–H groups in total. The van der Waals surface area contributed by atoms with Gasteiger partial charge in [-0.1, -0.05) is 42.5 Å². The van der Waals surface area contributed by atoms with Gasteiger partial charge in [0.15, 0.2) is 0 Å². The van der Waals surface area contributed by atoms with Crippen LogP contribution in [0.3, 0.4) is 0 Å². The average molecular weight is 255 g/mol. The molecule has 0 unspecified atom stereocenters. The summed E-state index contributed by atoms with van der Waals surface area (Å²) in [6.45, 7) is 2.34. The maximum atomic E-state index is 11.2. The number of carbonyl (C=O) groups is 1. The molecule has 0 fully saturated rings. The van der Waals surface area contributed by atoms with E-state index in [0.29, 0.717) is 12.1 Å². The van der Waals surface area contributed by atoms with Gasteiger partial charge < -0.3 is 10.1 Å². The van der Waals surface area contributed by atoms with Crippen LogP contribution in [0.2, 0.25) is 0 Å². The van der Waals surface area contributed by atoms with Gasteiger partial charge in [0, 0.05) is 23.2 Å². The predicted molar refractivity (Wildman–Crippen MR) is 78.2 cm³/mol. The second kappa shape index (κ2) is 6.05. The molecule has 0 aliphatic heterocycles. The highest BCUT2D eigenvalue weighted by atomic mass is 16.5. The Morgan fingerprint density at radius 2 is 1.95 bits per heavy atom. The maximum Gasteiger partial charge on any atom is 0.333 e. The molecule has 0 aliphatic carbocycles. The van der Waals surface area contributed by atoms with E-state index in [-0.39, 0.29) is 5.97 Å². The molecule has 0 aromatic heterocycles. The SMILES string of the molecule is COC(=O)/C(C)=C/CNc1cccc2ccccc12. The fourth-order valence-electron chi connectivity index (χ4n) is 1.94. The summed E-state index contributed by atoms with van der Waals surface area (Å²) in [5.41, 5.74) is 1.67. The Hall–Kier alpha value is -2.29. The number of anilines is 1. The van der Waals surface area contributed by atoms with Crippen LogP contribution in [0.15, 0.2) is 54.1 Å². The second-order valence-electron chi connectivity index (χ2n) is 4.29. The van der Waals surface area contributed by atoms with Gasteiger partial charge in [-0.2, -0.15) is 0 Å². The lowest BCUT2D eigenvalue weighted by Crippen LogP contribution is -2.05. The van der Waals surface area contributed by atoms with Crippen molar-refractivity contribution in [2.24, 2.45) is 0 Å². The van der Waals surface area contributed by atoms with E-state index in [1.165, 1.54) is 17.9 Å². The van der Waals surface area contributed by atoms with Gasteiger partial charge in [-0.05, 0) is 18.4 Å². The van der Waals surface area contributed by atoms with E-state index in [1.807, 2.05) is 30.3 Å². The zero-order valence-electron chi connectivity index (χ0n) is 11.1. The summed E-state index contributed by atoms with van der Waals surface area (Å²) in [5.74, 6) is -0.292. The molecular weight excluding hydrogens is 238 g/mol. The summed E-state index contributed by atoms with van der Waals surface area (Å²) in [6.07, 6.45) is 1.83. The number of esters is 1. The fraction of sp³-hybridized carbons (Fsp3) is 0.188. The Kier molecular flexibility index (Phi) is 4.18. The first-order valence-corrected chi connectivity index (χ1v) is 6.19. The normalized spacial score (nSPS) is 11.4. The van der Waals surface area contributed by atoms with E-state index in [4.69, 9.17) is 0 Å². The van der Waals surface area contributed by atoms with Crippen LogP contribution >= 0.6 is 0 Å². The summed E-state index contributed by atoms with van der Waals surface area (Å²) >= 11 is 0. The molecule has 98 valence electrons. The minimum Gasteiger partial charge on any atom is -0.466 e. The molecule has 0 saturated heterocycles. The minimum absolute atomic E-state index is 0.292. The molecule has 19 heavy (non-hydrogen) atoms. The van der Waals surface area contributed by atoms with Gasteiger partial charge in [-0.25, -0.2) is 4.79 Å². The number of fused-ring (bicyclic) bond motifs is 1. The van der Waals surface area contributed by atoms with Crippen molar-refractivity contribution in [2.45, 2.75) is 6.92 Å². The molecule has 0 atom stereocenters. The Balaban J connectivity index is 2.12. The summed E-state index contributed by atoms with van der Waals surface area (Å²) in [4.78, 5) is 11.2. The topological polar surface area (TPSA) is 38.3 Å². The van der Waals surface area contributed by atoms with Crippen LogP contribution in [0.25, 0.3) is 10.8 Å². The van der Waals surface area contributed by atoms with Gasteiger partial charge in [0.05, 0.1) is 7.11 Å². The summed E-state index contributed by atoms with van der Waals surface area (Å²) in [6, 6.07) is 14.3. The number of methoxy groups -OCH3 is 1. The Morgan fingerprint density at radius 3 is 2.74 bits per heavy atom. The predicted octanol–water partition coefficient (Wildman–Crippen LogP) is 3.37. The quantitative estimate of drug-likeness (QED) is 0.672. The van der Waals surface area contributed by atoms with Crippen molar-refractivity contribution in [1.82, 2.24) is 0 Å². The maximum absolute atomic E-state index is 11.2. The van der Waals surface area contributed by atoms with E-state index in [9.17, 15) is 4.79 Å². The Labute approximate surface area is 112 Å². The zero-order valence-corrected chi connectivity index (χ0v) is 11.1. The van der Waals surface area contributed by atoms with E-state index in [0.717, 1.165) is 5.69 Å². The Morgan fingerprint density at radius 1 is 1.21 bits per heavy atom. The van der Waals surface area contributed by atoms with Crippen LogP contribution < -0.4 is 5.32 Å². The molecule has 0 heterocycles. The van der Waals surface area contributed by atoms with Crippen LogP contribution in [-0.2, 0) is 9.53 Å². The molecule has 2 aromatic rings. The third-order valence-corrected chi connectivity index (χ3v) is 3.00. The molecule has 0 spiro atoms. The third kappa shape index (κ3) is 3.13. The van der Waals surface area contributed by atoms with Gasteiger partial charge in [0.2, 0.25) is 0 Å². The number of ether oxygens (including phenoxy) is 1. The highest BCUT2D eigenvalue weighted by molar-refractivity contribution is 5.94. The van der Waals surface area contributed by atoms with Gasteiger partial charge in [-0.15, -0.1) is 0 Å². The molecule has 0 amide bonds. The molecule has 0 saturated carbocycles. The summed E-state index contributed by atoms with van der Waals surface area (Å²) in [5, 5.41) is 5.68. The van der Waals surface area contributed by atoms with E-state index >= 15 is 0 Å². The largest absolute Gasteiger partial charge is 0.466 e. The molecule has 0 bridgehead atoms. The van der Waals surface area contributed by atoms with Crippen LogP contribution in [0.1, 0.15) is 6.92 Å². The highest BCUT2D eigenvalue weighted by Gasteiger charge is 2.02. The van der Waals surface area contributed by atoms with Crippen LogP contribution in [0.5, 0.6) is 0 Å². The van der Waals surface area contributed by atoms with Crippen LogP contribution in [0, 0.1) is 0 Å². The summed E-state index contributed by atoms with van der Waals surface area (Å²) in [7, 11) is 1.39. The molecular formula is C16H17NO2. The second-order valence-corrected chi connectivity index (χ2v) is 4.29. The lowest BCUT2D eigenvalue weighted by Gasteiger charge is -2.08. The van der Waals surface area contributed by atoms with Crippen molar-refractivity contribution in [3.05, 3.63) is 54.1 Å². The van der Waals surface area contributed by atoms with Gasteiger partial charge in [0.25, 0.3) is 0 Å². The minimum atomic E-state index is -0.292. The van der Waals surface area contributed by atoms with Gasteiger partial charge >= 0.3 is 5.97 Å². The number of nitrogens with one attached hydrogen (secondary N) is 1. The first-order chi connectivity index (χ1) is 9.22. The molecule has 0 radical (unpaired) electrons. The van der Waals surface area contributed by atoms with Crippen LogP contribution in [0.4, 0.5) is 5.69 Å².